The van der Waals surface area contributed by atoms with Crippen molar-refractivity contribution in [2.45, 2.75) is 53.8 Å². The summed E-state index contributed by atoms with van der Waals surface area (Å²) in [7, 11) is 0.151. The van der Waals surface area contributed by atoms with Crippen LogP contribution in [0.4, 0.5) is 0 Å². The minimum atomic E-state index is -1.83. The highest BCUT2D eigenvalue weighted by Gasteiger charge is 2.31. The summed E-state index contributed by atoms with van der Waals surface area (Å²) in [5.74, 6) is 0. The van der Waals surface area contributed by atoms with Crippen LogP contribution in [-0.2, 0) is 13.5 Å². The maximum atomic E-state index is 9.16. The van der Waals surface area contributed by atoms with E-state index in [0.717, 1.165) is 22.7 Å². The molecule has 0 aliphatic heterocycles. The van der Waals surface area contributed by atoms with Crippen LogP contribution in [0.15, 0.2) is 66.8 Å². The number of pyridine rings is 2. The van der Waals surface area contributed by atoms with Crippen LogP contribution in [0, 0.1) is 12.3 Å². The molecule has 3 heteroatoms. The lowest BCUT2D eigenvalue weighted by Gasteiger charge is -2.25. The predicted molar refractivity (Wildman–Crippen MR) is 168 cm³/mol. The maximum Gasteiger partial charge on any atom is 0.224 e. The van der Waals surface area contributed by atoms with Gasteiger partial charge in [0.15, 0.2) is 6.17 Å². The molecule has 0 spiro atoms. The average molecular weight is 516 g/mol. The predicted octanol–water partition coefficient (Wildman–Crippen LogP) is 8.41. The van der Waals surface area contributed by atoms with Crippen molar-refractivity contribution in [1.29, 1.82) is 0 Å². The van der Waals surface area contributed by atoms with Gasteiger partial charge in [-0.25, -0.2) is 4.57 Å². The van der Waals surface area contributed by atoms with Crippen molar-refractivity contribution in [2.24, 2.45) is 12.5 Å². The van der Waals surface area contributed by atoms with Crippen LogP contribution < -0.4 is 9.75 Å². The van der Waals surface area contributed by atoms with Crippen molar-refractivity contribution in [2.75, 3.05) is 0 Å². The Morgan fingerprint density at radius 1 is 0.868 bits per heavy atom. The molecule has 7 aromatic rings. The molecule has 0 amide bonds. The Morgan fingerprint density at radius 2 is 1.53 bits per heavy atom. The molecule has 0 bridgehead atoms. The highest BCUT2D eigenvalue weighted by atomic mass is 28.3. The van der Waals surface area contributed by atoms with Gasteiger partial charge in [-0.2, -0.15) is 0 Å². The zero-order valence-electron chi connectivity index (χ0n) is 25.8. The summed E-state index contributed by atoms with van der Waals surface area (Å²) in [6.45, 7) is 16.4. The zero-order valence-corrected chi connectivity index (χ0v) is 24.8. The Balaban J connectivity index is 1.98. The Morgan fingerprint density at radius 3 is 2.21 bits per heavy atom. The van der Waals surface area contributed by atoms with Gasteiger partial charge >= 0.3 is 0 Å². The van der Waals surface area contributed by atoms with E-state index < -0.39 is 8.07 Å². The molecular formula is C35H37N2Si+. The van der Waals surface area contributed by atoms with Gasteiger partial charge in [-0.05, 0) is 57.3 Å². The first kappa shape index (κ1) is 21.5. The third-order valence-electron chi connectivity index (χ3n) is 8.40. The molecule has 3 heterocycles. The second kappa shape index (κ2) is 7.57. The van der Waals surface area contributed by atoms with Gasteiger partial charge < -0.3 is 4.40 Å². The van der Waals surface area contributed by atoms with Gasteiger partial charge in [-0.1, -0.05) is 88.9 Å². The Hall–Kier alpha value is -3.43. The van der Waals surface area contributed by atoms with Gasteiger partial charge in [0, 0.05) is 16.8 Å². The van der Waals surface area contributed by atoms with E-state index in [4.69, 9.17) is 2.74 Å². The van der Waals surface area contributed by atoms with Crippen molar-refractivity contribution < 1.29 is 7.31 Å². The van der Waals surface area contributed by atoms with E-state index >= 15 is 0 Å². The fraction of sp³-hybridized carbons (Fsp3) is 0.286. The first-order chi connectivity index (χ1) is 18.8. The van der Waals surface area contributed by atoms with Crippen LogP contribution in [-0.4, -0.2) is 12.5 Å². The number of hydrogen-bond acceptors (Lipinski definition) is 0. The van der Waals surface area contributed by atoms with E-state index in [9.17, 15) is 0 Å². The second-order valence-corrected chi connectivity index (χ2v) is 18.5. The summed E-state index contributed by atoms with van der Waals surface area (Å²) in [5.41, 5.74) is 7.46. The highest BCUT2D eigenvalue weighted by molar-refractivity contribution is 6.91. The van der Waals surface area contributed by atoms with Gasteiger partial charge in [-0.3, -0.25) is 0 Å². The molecule has 190 valence electrons. The van der Waals surface area contributed by atoms with Gasteiger partial charge in [0.2, 0.25) is 5.52 Å². The molecule has 0 aliphatic carbocycles. The number of hydrogen-bond donors (Lipinski definition) is 0. The standard InChI is InChI=1S/C35H37N2Si/c1-21-23-13-9-10-14-24(23)26(20-35(2,3)4)32-29(21)33-30-22(17-18-36(33)5)19-28(38(6,7)8)31-25-15-11-12-16-27(25)37(32)34(30)31/h9-19H,20H2,1-8H3/q+1/i17D,18D. The summed E-state index contributed by atoms with van der Waals surface area (Å²) in [6.07, 6.45) is 1.20. The molecule has 3 aromatic heterocycles. The van der Waals surface area contributed by atoms with Crippen LogP contribution >= 0.6 is 0 Å². The third kappa shape index (κ3) is 3.08. The van der Waals surface area contributed by atoms with Crippen LogP contribution in [0.25, 0.3) is 59.8 Å². The SMILES string of the molecule is [2H]c1c([2H])[n+](C)c2c3c(C)c4ccccc4c(CC(C)(C)C)c3n3c4ccccc4c4c([Si](C)(C)C)cc1c2c43. The zero-order chi connectivity index (χ0) is 28.5. The number of nitrogens with zero attached hydrogens (tertiary/aromatic N) is 2. The Bertz CT molecular complexity index is 2190. The van der Waals surface area contributed by atoms with Gasteiger partial charge in [0.25, 0.3) is 0 Å². The summed E-state index contributed by atoms with van der Waals surface area (Å²) < 4.78 is 22.8. The number of para-hydroxylation sites is 1. The van der Waals surface area contributed by atoms with E-state index in [1.54, 1.807) is 0 Å². The number of rotatable bonds is 2. The van der Waals surface area contributed by atoms with E-state index in [0.29, 0.717) is 6.04 Å². The molecule has 7 rings (SSSR count). The van der Waals surface area contributed by atoms with Crippen molar-refractivity contribution in [3.63, 3.8) is 0 Å². The van der Waals surface area contributed by atoms with Crippen molar-refractivity contribution in [3.8, 4) is 0 Å². The van der Waals surface area contributed by atoms with Gasteiger partial charge in [-0.15, -0.1) is 0 Å². The first-order valence-electron chi connectivity index (χ1n) is 14.8. The number of aromatic nitrogens is 2. The normalized spacial score (nSPS) is 14.1. The summed E-state index contributed by atoms with van der Waals surface area (Å²) in [6, 6.07) is 20.3. The molecule has 0 saturated carbocycles. The van der Waals surface area contributed by atoms with Crippen LogP contribution in [0.3, 0.4) is 0 Å². The second-order valence-electron chi connectivity index (χ2n) is 13.4. The minimum Gasteiger partial charge on any atom is -0.307 e. The van der Waals surface area contributed by atoms with Crippen molar-refractivity contribution in [3.05, 3.63) is 77.9 Å². The van der Waals surface area contributed by atoms with E-state index in [1.165, 1.54) is 59.8 Å². The summed E-state index contributed by atoms with van der Waals surface area (Å²) >= 11 is 0. The lowest BCUT2D eigenvalue weighted by atomic mass is 9.83. The van der Waals surface area contributed by atoms with E-state index in [1.807, 2.05) is 11.6 Å². The fourth-order valence-electron chi connectivity index (χ4n) is 6.90. The molecule has 0 saturated heterocycles. The summed E-state index contributed by atoms with van der Waals surface area (Å²) in [4.78, 5) is 0. The quantitative estimate of drug-likeness (QED) is 0.0945. The number of benzene rings is 4. The number of fused-ring (bicyclic) bond motifs is 7. The Kier molecular flexibility index (Phi) is 4.28. The van der Waals surface area contributed by atoms with Gasteiger partial charge in [0.05, 0.1) is 36.8 Å². The van der Waals surface area contributed by atoms with Crippen LogP contribution in [0.1, 0.15) is 34.6 Å². The van der Waals surface area contributed by atoms with Crippen LogP contribution in [0.5, 0.6) is 0 Å². The van der Waals surface area contributed by atoms with Crippen LogP contribution in [0.2, 0.25) is 19.6 Å². The van der Waals surface area contributed by atoms with Crippen molar-refractivity contribution >= 4 is 73.0 Å². The first-order valence-corrected chi connectivity index (χ1v) is 17.3. The summed E-state index contributed by atoms with van der Waals surface area (Å²) in [5, 5.41) is 9.79. The molecule has 0 fully saturated rings. The minimum absolute atomic E-state index is 0.0808. The molecule has 2 nitrogen and oxygen atoms in total. The largest absolute Gasteiger partial charge is 0.307 e. The lowest BCUT2D eigenvalue weighted by molar-refractivity contribution is -0.643. The molecule has 38 heavy (non-hydrogen) atoms. The molecule has 0 radical (unpaired) electrons. The van der Waals surface area contributed by atoms with E-state index in [2.05, 4.69) is 106 Å². The molecule has 4 aromatic carbocycles. The monoisotopic (exact) mass is 515 g/mol. The molecular weight excluding hydrogens is 476 g/mol. The Labute approximate surface area is 228 Å². The average Bonchev–Trinajstić information content (AvgIpc) is 3.24. The number of aryl methyl sites for hydroxylation is 2. The van der Waals surface area contributed by atoms with Crippen molar-refractivity contribution in [1.82, 2.24) is 4.40 Å². The third-order valence-corrected chi connectivity index (χ3v) is 10.4. The highest BCUT2D eigenvalue weighted by Crippen LogP contribution is 2.45. The van der Waals surface area contributed by atoms with Gasteiger partial charge in [0.1, 0.15) is 8.42 Å². The molecule has 0 atom stereocenters. The fourth-order valence-corrected chi connectivity index (χ4v) is 8.48. The topological polar surface area (TPSA) is 8.29 Å². The maximum absolute atomic E-state index is 9.16. The molecule has 0 unspecified atom stereocenters. The van der Waals surface area contributed by atoms with E-state index in [-0.39, 0.29) is 11.6 Å². The smallest absolute Gasteiger partial charge is 0.224 e. The molecule has 0 aliphatic rings. The lowest BCUT2D eigenvalue weighted by Crippen LogP contribution is -2.38. The molecule has 0 N–H and O–H groups in total.